The van der Waals surface area contributed by atoms with Gasteiger partial charge in [0.1, 0.15) is 11.6 Å². The van der Waals surface area contributed by atoms with Gasteiger partial charge in [-0.3, -0.25) is 4.79 Å². The Bertz CT molecular complexity index is 566. The van der Waals surface area contributed by atoms with Crippen LogP contribution >= 0.6 is 11.6 Å². The zero-order chi connectivity index (χ0) is 15.7. The molecule has 2 aliphatic rings. The highest BCUT2D eigenvalue weighted by atomic mass is 35.5. The highest BCUT2D eigenvalue weighted by Gasteiger charge is 2.46. The molecule has 1 saturated carbocycles. The van der Waals surface area contributed by atoms with Gasteiger partial charge in [-0.25, -0.2) is 0 Å². The molecule has 1 atom stereocenters. The summed E-state index contributed by atoms with van der Waals surface area (Å²) in [6.07, 6.45) is 6.87. The Morgan fingerprint density at radius 1 is 1.36 bits per heavy atom. The first-order valence-electron chi connectivity index (χ1n) is 8.18. The molecule has 4 heteroatoms. The van der Waals surface area contributed by atoms with Gasteiger partial charge in [0.15, 0.2) is 0 Å². The van der Waals surface area contributed by atoms with Crippen LogP contribution in [0.4, 0.5) is 5.69 Å². The van der Waals surface area contributed by atoms with Crippen molar-refractivity contribution in [3.63, 3.8) is 0 Å². The Balaban J connectivity index is 2.10. The molecular weight excluding hydrogens is 298 g/mol. The summed E-state index contributed by atoms with van der Waals surface area (Å²) in [5, 5.41) is 0. The fraction of sp³-hybridized carbons (Fsp3) is 0.611. The fourth-order valence-electron chi connectivity index (χ4n) is 4.38. The number of fused-ring (bicyclic) bond motifs is 1. The van der Waals surface area contributed by atoms with E-state index in [0.29, 0.717) is 5.92 Å². The molecule has 1 aliphatic carbocycles. The molecule has 1 spiro atoms. The quantitative estimate of drug-likeness (QED) is 0.752. The van der Waals surface area contributed by atoms with E-state index in [-0.39, 0.29) is 17.3 Å². The number of methoxy groups -OCH3 is 1. The van der Waals surface area contributed by atoms with E-state index in [1.807, 2.05) is 17.0 Å². The lowest BCUT2D eigenvalue weighted by Crippen LogP contribution is -2.56. The van der Waals surface area contributed by atoms with Crippen LogP contribution in [0.2, 0.25) is 0 Å². The molecule has 120 valence electrons. The van der Waals surface area contributed by atoms with Gasteiger partial charge >= 0.3 is 0 Å². The summed E-state index contributed by atoms with van der Waals surface area (Å²) in [5.41, 5.74) is 2.20. The monoisotopic (exact) mass is 321 g/mol. The van der Waals surface area contributed by atoms with Gasteiger partial charge in [-0.15, -0.1) is 11.6 Å². The van der Waals surface area contributed by atoms with Gasteiger partial charge in [-0.1, -0.05) is 26.2 Å². The number of anilines is 1. The zero-order valence-electron chi connectivity index (χ0n) is 13.4. The number of benzene rings is 1. The first-order chi connectivity index (χ1) is 10.6. The maximum atomic E-state index is 12.6. The fourth-order valence-corrected chi connectivity index (χ4v) is 4.50. The molecule has 0 N–H and O–H groups in total. The lowest BCUT2D eigenvalue weighted by atomic mass is 9.70. The zero-order valence-corrected chi connectivity index (χ0v) is 14.2. The van der Waals surface area contributed by atoms with Crippen LogP contribution in [-0.4, -0.2) is 24.4 Å². The maximum absolute atomic E-state index is 12.6. The van der Waals surface area contributed by atoms with Gasteiger partial charge in [0.2, 0.25) is 5.91 Å². The van der Waals surface area contributed by atoms with Crippen molar-refractivity contribution in [2.24, 2.45) is 0 Å². The van der Waals surface area contributed by atoms with E-state index in [1.165, 1.54) is 24.8 Å². The van der Waals surface area contributed by atoms with Gasteiger partial charge in [0, 0.05) is 11.2 Å². The second kappa shape index (κ2) is 6.11. The van der Waals surface area contributed by atoms with Crippen LogP contribution in [0, 0.1) is 0 Å². The molecule has 0 radical (unpaired) electrons. The number of carbonyl (C=O) groups excluding carboxylic acids is 1. The van der Waals surface area contributed by atoms with E-state index < -0.39 is 0 Å². The molecule has 1 aromatic carbocycles. The van der Waals surface area contributed by atoms with Crippen molar-refractivity contribution in [1.82, 2.24) is 0 Å². The van der Waals surface area contributed by atoms with E-state index in [1.54, 1.807) is 7.11 Å². The van der Waals surface area contributed by atoms with Crippen LogP contribution in [0.5, 0.6) is 5.75 Å². The SMILES string of the molecule is COc1ccc2c(c1)C(C)CC1(CCCCC1)N2C(=O)CCl. The standard InChI is InChI=1S/C18H24ClNO2/c1-13-11-18(8-4-3-5-9-18)20(17(21)12-19)16-7-6-14(22-2)10-15(13)16/h6-7,10,13H,3-5,8-9,11-12H2,1-2H3. The molecule has 1 aromatic rings. The predicted octanol–water partition coefficient (Wildman–Crippen LogP) is 4.48. The number of hydrogen-bond acceptors (Lipinski definition) is 2. The van der Waals surface area contributed by atoms with E-state index in [0.717, 1.165) is 30.7 Å². The minimum atomic E-state index is -0.0365. The normalized spacial score (nSPS) is 23.2. The third-order valence-electron chi connectivity index (χ3n) is 5.31. The Hall–Kier alpha value is -1.22. The minimum absolute atomic E-state index is 0.0295. The largest absolute Gasteiger partial charge is 0.497 e. The van der Waals surface area contributed by atoms with Gasteiger partial charge in [0.05, 0.1) is 7.11 Å². The number of amides is 1. The number of ether oxygens (including phenoxy) is 1. The van der Waals surface area contributed by atoms with E-state index >= 15 is 0 Å². The maximum Gasteiger partial charge on any atom is 0.242 e. The lowest BCUT2D eigenvalue weighted by molar-refractivity contribution is -0.118. The van der Waals surface area contributed by atoms with Crippen LogP contribution < -0.4 is 9.64 Å². The number of hydrogen-bond donors (Lipinski definition) is 0. The van der Waals surface area contributed by atoms with Gasteiger partial charge in [-0.2, -0.15) is 0 Å². The van der Waals surface area contributed by atoms with Gasteiger partial charge in [-0.05, 0) is 48.9 Å². The molecule has 1 amide bonds. The first-order valence-corrected chi connectivity index (χ1v) is 8.72. The summed E-state index contributed by atoms with van der Waals surface area (Å²) >= 11 is 5.93. The molecule has 3 nitrogen and oxygen atoms in total. The molecule has 1 aliphatic heterocycles. The van der Waals surface area contributed by atoms with Crippen molar-refractivity contribution in [3.05, 3.63) is 23.8 Å². The smallest absolute Gasteiger partial charge is 0.242 e. The van der Waals surface area contributed by atoms with Gasteiger partial charge < -0.3 is 9.64 Å². The summed E-state index contributed by atoms with van der Waals surface area (Å²) < 4.78 is 5.36. The van der Waals surface area contributed by atoms with Crippen LogP contribution in [0.15, 0.2) is 18.2 Å². The van der Waals surface area contributed by atoms with Crippen molar-refractivity contribution >= 4 is 23.2 Å². The van der Waals surface area contributed by atoms with Crippen molar-refractivity contribution in [2.75, 3.05) is 17.9 Å². The number of nitrogens with zero attached hydrogens (tertiary/aromatic N) is 1. The highest BCUT2D eigenvalue weighted by Crippen LogP contribution is 2.50. The van der Waals surface area contributed by atoms with E-state index in [2.05, 4.69) is 13.0 Å². The predicted molar refractivity (Wildman–Crippen MR) is 90.0 cm³/mol. The lowest BCUT2D eigenvalue weighted by Gasteiger charge is -2.52. The van der Waals surface area contributed by atoms with Crippen molar-refractivity contribution in [1.29, 1.82) is 0 Å². The number of alkyl halides is 1. The van der Waals surface area contributed by atoms with Crippen molar-refractivity contribution in [3.8, 4) is 5.75 Å². The topological polar surface area (TPSA) is 29.5 Å². The minimum Gasteiger partial charge on any atom is -0.497 e. The van der Waals surface area contributed by atoms with Crippen LogP contribution in [0.1, 0.15) is 56.9 Å². The number of rotatable bonds is 2. The summed E-state index contributed by atoms with van der Waals surface area (Å²) in [7, 11) is 1.68. The van der Waals surface area contributed by atoms with Gasteiger partial charge in [0.25, 0.3) is 0 Å². The average molecular weight is 322 g/mol. The molecule has 0 bridgehead atoms. The van der Waals surface area contributed by atoms with Crippen LogP contribution in [0.3, 0.4) is 0 Å². The Kier molecular flexibility index (Phi) is 4.35. The van der Waals surface area contributed by atoms with Crippen molar-refractivity contribution in [2.45, 2.75) is 56.9 Å². The van der Waals surface area contributed by atoms with E-state index in [4.69, 9.17) is 16.3 Å². The molecule has 0 aromatic heterocycles. The summed E-state index contributed by atoms with van der Waals surface area (Å²) in [5.74, 6) is 1.36. The second-order valence-electron chi connectivity index (χ2n) is 6.68. The molecule has 22 heavy (non-hydrogen) atoms. The summed E-state index contributed by atoms with van der Waals surface area (Å²) in [6, 6.07) is 6.05. The summed E-state index contributed by atoms with van der Waals surface area (Å²) in [6.45, 7) is 2.26. The van der Waals surface area contributed by atoms with E-state index in [9.17, 15) is 4.79 Å². The summed E-state index contributed by atoms with van der Waals surface area (Å²) in [4.78, 5) is 14.6. The second-order valence-corrected chi connectivity index (χ2v) is 6.94. The Morgan fingerprint density at radius 2 is 2.09 bits per heavy atom. The van der Waals surface area contributed by atoms with Crippen LogP contribution in [-0.2, 0) is 4.79 Å². The average Bonchev–Trinajstić information content (AvgIpc) is 2.55. The number of halogens is 1. The third-order valence-corrected chi connectivity index (χ3v) is 5.54. The molecule has 0 saturated heterocycles. The number of carbonyl (C=O) groups is 1. The van der Waals surface area contributed by atoms with Crippen molar-refractivity contribution < 1.29 is 9.53 Å². The Morgan fingerprint density at radius 3 is 2.73 bits per heavy atom. The Labute approximate surface area is 137 Å². The van der Waals surface area contributed by atoms with Crippen LogP contribution in [0.25, 0.3) is 0 Å². The molecule has 1 heterocycles. The molecule has 1 fully saturated rings. The molecular formula is C18H24ClNO2. The first kappa shape index (κ1) is 15.7. The molecule has 1 unspecified atom stereocenters. The third kappa shape index (κ3) is 2.50. The molecule has 3 rings (SSSR count). The highest BCUT2D eigenvalue weighted by molar-refractivity contribution is 6.29.